The summed E-state index contributed by atoms with van der Waals surface area (Å²) in [5.41, 5.74) is 11.6. The molecule has 0 bridgehead atoms. The summed E-state index contributed by atoms with van der Waals surface area (Å²) in [6, 6.07) is 12.2. The van der Waals surface area contributed by atoms with Crippen LogP contribution >= 0.6 is 0 Å². The summed E-state index contributed by atoms with van der Waals surface area (Å²) in [5.74, 6) is -1.91. The zero-order valence-corrected chi connectivity index (χ0v) is 20.3. The number of hydrogen-bond donors (Lipinski definition) is 4. The van der Waals surface area contributed by atoms with Crippen molar-refractivity contribution < 1.29 is 27.5 Å². The minimum Gasteiger partial charge on any atom is -0.461 e. The zero-order valence-electron chi connectivity index (χ0n) is 20.3. The molecule has 198 valence electrons. The fourth-order valence-electron chi connectivity index (χ4n) is 3.52. The smallest absolute Gasteiger partial charge is 0.315 e. The fourth-order valence-corrected chi connectivity index (χ4v) is 3.52. The van der Waals surface area contributed by atoms with Crippen molar-refractivity contribution in [3.63, 3.8) is 0 Å². The SMILES string of the molecule is CCN(CCN(Cc1cccc(N)c1)NC)c1ccc(NC[C@H](CNC(=O)C(F)F)OC=O)cc1F. The van der Waals surface area contributed by atoms with Crippen molar-refractivity contribution in [2.24, 2.45) is 0 Å². The number of hydrazine groups is 1. The van der Waals surface area contributed by atoms with Crippen LogP contribution in [0.15, 0.2) is 42.5 Å². The normalized spacial score (nSPS) is 11.9. The van der Waals surface area contributed by atoms with Crippen LogP contribution in [0.5, 0.6) is 0 Å². The molecule has 2 aromatic rings. The molecule has 5 N–H and O–H groups in total. The van der Waals surface area contributed by atoms with E-state index in [-0.39, 0.29) is 19.6 Å². The molecule has 0 aromatic heterocycles. The summed E-state index contributed by atoms with van der Waals surface area (Å²) in [5, 5.41) is 6.88. The van der Waals surface area contributed by atoms with Gasteiger partial charge in [0.25, 0.3) is 12.4 Å². The molecule has 2 aromatic carbocycles. The highest BCUT2D eigenvalue weighted by atomic mass is 19.3. The maximum Gasteiger partial charge on any atom is 0.315 e. The number of amides is 1. The first-order valence-electron chi connectivity index (χ1n) is 11.5. The molecular formula is C24H33F3N6O3. The standard InChI is InChI=1S/C24H33F3N6O3/c1-3-32(9-10-33(29-2)15-17-5-4-6-18(28)11-17)22-8-7-19(12-21(22)25)30-13-20(36-16-34)14-31-24(35)23(26)27/h4-8,11-12,16,20,23,29-30H,3,9-10,13-15,28H2,1-2H3,(H,31,35)/t20-/m1/s1. The van der Waals surface area contributed by atoms with E-state index in [1.165, 1.54) is 6.07 Å². The highest BCUT2D eigenvalue weighted by Crippen LogP contribution is 2.23. The van der Waals surface area contributed by atoms with E-state index in [4.69, 9.17) is 10.5 Å². The van der Waals surface area contributed by atoms with Gasteiger partial charge >= 0.3 is 6.43 Å². The van der Waals surface area contributed by atoms with E-state index in [0.717, 1.165) is 5.56 Å². The Bertz CT molecular complexity index is 982. The lowest BCUT2D eigenvalue weighted by atomic mass is 10.2. The monoisotopic (exact) mass is 510 g/mol. The Hall–Kier alpha value is -3.51. The Morgan fingerprint density at radius 3 is 2.56 bits per heavy atom. The van der Waals surface area contributed by atoms with Crippen molar-refractivity contribution in [1.29, 1.82) is 0 Å². The molecule has 9 nitrogen and oxygen atoms in total. The van der Waals surface area contributed by atoms with E-state index < -0.39 is 24.3 Å². The number of likely N-dealkylation sites (N-methyl/N-ethyl adjacent to an activating group) is 1. The van der Waals surface area contributed by atoms with Gasteiger partial charge in [-0.1, -0.05) is 12.1 Å². The van der Waals surface area contributed by atoms with Gasteiger partial charge in [-0.3, -0.25) is 15.0 Å². The molecule has 0 aliphatic rings. The van der Waals surface area contributed by atoms with Crippen molar-refractivity contribution in [1.82, 2.24) is 15.8 Å². The second kappa shape index (κ2) is 14.8. The highest BCUT2D eigenvalue weighted by molar-refractivity contribution is 5.79. The van der Waals surface area contributed by atoms with Crippen molar-refractivity contribution in [3.8, 4) is 0 Å². The molecule has 1 amide bonds. The van der Waals surface area contributed by atoms with Crippen LogP contribution < -0.4 is 26.7 Å². The molecule has 0 heterocycles. The average molecular weight is 511 g/mol. The number of ether oxygens (including phenoxy) is 1. The molecule has 0 radical (unpaired) electrons. The van der Waals surface area contributed by atoms with Gasteiger partial charge in [-0.15, -0.1) is 0 Å². The number of nitrogen functional groups attached to an aromatic ring is 1. The predicted molar refractivity (Wildman–Crippen MR) is 133 cm³/mol. The minimum atomic E-state index is -3.17. The number of rotatable bonds is 16. The lowest BCUT2D eigenvalue weighted by molar-refractivity contribution is -0.136. The van der Waals surface area contributed by atoms with Gasteiger partial charge in [0.1, 0.15) is 11.9 Å². The second-order valence-electron chi connectivity index (χ2n) is 7.92. The van der Waals surface area contributed by atoms with E-state index >= 15 is 0 Å². The maximum atomic E-state index is 14.9. The van der Waals surface area contributed by atoms with Crippen LogP contribution in [-0.4, -0.2) is 69.7 Å². The Labute approximate surface area is 208 Å². The minimum absolute atomic E-state index is 0.0142. The Kier molecular flexibility index (Phi) is 11.8. The van der Waals surface area contributed by atoms with Crippen molar-refractivity contribution in [3.05, 3.63) is 53.8 Å². The third kappa shape index (κ3) is 9.27. The summed E-state index contributed by atoms with van der Waals surface area (Å²) in [7, 11) is 1.82. The molecule has 0 aliphatic heterocycles. The summed E-state index contributed by atoms with van der Waals surface area (Å²) in [6.45, 7) is 4.16. The molecule has 12 heteroatoms. The largest absolute Gasteiger partial charge is 0.461 e. The third-order valence-corrected chi connectivity index (χ3v) is 5.43. The van der Waals surface area contributed by atoms with Crippen LogP contribution in [0, 0.1) is 5.82 Å². The number of anilines is 3. The Morgan fingerprint density at radius 2 is 1.94 bits per heavy atom. The molecule has 0 spiro atoms. The first-order valence-corrected chi connectivity index (χ1v) is 11.5. The van der Waals surface area contributed by atoms with E-state index in [0.29, 0.717) is 43.2 Å². The van der Waals surface area contributed by atoms with Gasteiger partial charge in [-0.2, -0.15) is 8.78 Å². The quantitative estimate of drug-likeness (QED) is 0.155. The molecule has 0 fully saturated rings. The van der Waals surface area contributed by atoms with Gasteiger partial charge < -0.3 is 26.0 Å². The average Bonchev–Trinajstić information content (AvgIpc) is 2.85. The fraction of sp³-hybridized carbons (Fsp3) is 0.417. The molecule has 36 heavy (non-hydrogen) atoms. The summed E-state index contributed by atoms with van der Waals surface area (Å²) in [4.78, 5) is 23.6. The van der Waals surface area contributed by atoms with Crippen molar-refractivity contribution in [2.45, 2.75) is 26.0 Å². The zero-order chi connectivity index (χ0) is 26.5. The summed E-state index contributed by atoms with van der Waals surface area (Å²) in [6.07, 6.45) is -4.08. The van der Waals surface area contributed by atoms with Crippen LogP contribution in [0.4, 0.5) is 30.2 Å². The molecular weight excluding hydrogens is 477 g/mol. The summed E-state index contributed by atoms with van der Waals surface area (Å²) >= 11 is 0. The lowest BCUT2D eigenvalue weighted by Crippen LogP contribution is -2.41. The van der Waals surface area contributed by atoms with E-state index in [9.17, 15) is 22.8 Å². The van der Waals surface area contributed by atoms with Gasteiger partial charge in [0.2, 0.25) is 0 Å². The van der Waals surface area contributed by atoms with Gasteiger partial charge in [0.15, 0.2) is 0 Å². The Balaban J connectivity index is 1.95. The molecule has 0 saturated carbocycles. The molecule has 2 rings (SSSR count). The molecule has 1 atom stereocenters. The van der Waals surface area contributed by atoms with Crippen LogP contribution in [0.2, 0.25) is 0 Å². The van der Waals surface area contributed by atoms with Crippen molar-refractivity contribution >= 4 is 29.4 Å². The third-order valence-electron chi connectivity index (χ3n) is 5.43. The molecule has 0 aliphatic carbocycles. The maximum absolute atomic E-state index is 14.9. The second-order valence-corrected chi connectivity index (χ2v) is 7.92. The molecule has 0 unspecified atom stereocenters. The van der Waals surface area contributed by atoms with Crippen LogP contribution in [0.1, 0.15) is 12.5 Å². The number of hydrogen-bond acceptors (Lipinski definition) is 8. The number of nitrogens with zero attached hydrogens (tertiary/aromatic N) is 2. The first-order chi connectivity index (χ1) is 17.3. The van der Waals surface area contributed by atoms with Gasteiger partial charge in [-0.05, 0) is 49.9 Å². The van der Waals surface area contributed by atoms with Crippen LogP contribution in [-0.2, 0) is 20.9 Å². The number of benzene rings is 2. The number of carbonyl (C=O) groups excluding carboxylic acids is 2. The number of alkyl halides is 2. The van der Waals surface area contributed by atoms with Crippen molar-refractivity contribution in [2.75, 3.05) is 55.7 Å². The number of nitrogens with two attached hydrogens (primary N) is 1. The number of carbonyl (C=O) groups is 2. The first kappa shape index (κ1) is 28.7. The van der Waals surface area contributed by atoms with Crippen LogP contribution in [0.25, 0.3) is 0 Å². The Morgan fingerprint density at radius 1 is 1.17 bits per heavy atom. The van der Waals surface area contributed by atoms with E-state index in [2.05, 4.69) is 10.7 Å². The van der Waals surface area contributed by atoms with E-state index in [1.807, 2.05) is 53.5 Å². The highest BCUT2D eigenvalue weighted by Gasteiger charge is 2.18. The van der Waals surface area contributed by atoms with Gasteiger partial charge in [-0.25, -0.2) is 9.40 Å². The van der Waals surface area contributed by atoms with Gasteiger partial charge in [0.05, 0.1) is 18.8 Å². The van der Waals surface area contributed by atoms with Crippen LogP contribution in [0.3, 0.4) is 0 Å². The number of nitrogens with one attached hydrogen (secondary N) is 3. The van der Waals surface area contributed by atoms with Gasteiger partial charge in [0, 0.05) is 37.6 Å². The molecule has 0 saturated heterocycles. The summed E-state index contributed by atoms with van der Waals surface area (Å²) < 4.78 is 44.4. The lowest BCUT2D eigenvalue weighted by Gasteiger charge is -2.28. The predicted octanol–water partition coefficient (Wildman–Crippen LogP) is 2.21. The number of halogens is 3. The van der Waals surface area contributed by atoms with E-state index in [1.54, 1.807) is 12.1 Å². The topological polar surface area (TPSA) is 112 Å².